The van der Waals surface area contributed by atoms with Crippen LogP contribution >= 0.6 is 0 Å². The first-order chi connectivity index (χ1) is 8.96. The van der Waals surface area contributed by atoms with Gasteiger partial charge in [0.2, 0.25) is 0 Å². The fourth-order valence-corrected chi connectivity index (χ4v) is 1.37. The molecule has 0 aliphatic carbocycles. The highest BCUT2D eigenvalue weighted by molar-refractivity contribution is 5.81. The van der Waals surface area contributed by atoms with Gasteiger partial charge in [0.15, 0.2) is 0 Å². The summed E-state index contributed by atoms with van der Waals surface area (Å²) >= 11 is 0. The van der Waals surface area contributed by atoms with Crippen LogP contribution in [0.1, 0.15) is 13.3 Å². The first-order valence-corrected chi connectivity index (χ1v) is 5.76. The Balaban J connectivity index is 4.49. The molecular formula is C12H20O7. The van der Waals surface area contributed by atoms with Crippen LogP contribution in [0.4, 0.5) is 0 Å². The molecule has 0 bridgehead atoms. The molecule has 0 amide bonds. The standard InChI is InChI=1S/C12H20O7/c1-4-19-10(15)6-5-8(13)12(18-3)9(14)7-11(16)17-2/h5-6,8-9,12-14H,4,7H2,1-3H3/b6-5+/t8-,9+,12+/m0/s1. The van der Waals surface area contributed by atoms with Gasteiger partial charge in [0, 0.05) is 13.2 Å². The Morgan fingerprint density at radius 1 is 1.26 bits per heavy atom. The van der Waals surface area contributed by atoms with Crippen molar-refractivity contribution < 1.29 is 34.0 Å². The molecule has 0 saturated carbocycles. The SMILES string of the molecule is CCOC(=O)/C=C/[C@H](O)[C@@H](OC)[C@H](O)CC(=O)OC. The zero-order valence-corrected chi connectivity index (χ0v) is 11.2. The minimum absolute atomic E-state index is 0.220. The summed E-state index contributed by atoms with van der Waals surface area (Å²) in [4.78, 5) is 22.1. The Kier molecular flexibility index (Phi) is 8.77. The first-order valence-electron chi connectivity index (χ1n) is 5.76. The molecule has 0 saturated heterocycles. The van der Waals surface area contributed by atoms with E-state index >= 15 is 0 Å². The van der Waals surface area contributed by atoms with Gasteiger partial charge in [0.1, 0.15) is 12.2 Å². The maximum atomic E-state index is 11.1. The lowest BCUT2D eigenvalue weighted by Gasteiger charge is -2.23. The quantitative estimate of drug-likeness (QED) is 0.451. The zero-order valence-electron chi connectivity index (χ0n) is 11.2. The molecule has 19 heavy (non-hydrogen) atoms. The summed E-state index contributed by atoms with van der Waals surface area (Å²) in [5.41, 5.74) is 0. The van der Waals surface area contributed by atoms with Crippen molar-refractivity contribution in [1.82, 2.24) is 0 Å². The smallest absolute Gasteiger partial charge is 0.330 e. The number of methoxy groups -OCH3 is 2. The second-order valence-corrected chi connectivity index (χ2v) is 3.65. The van der Waals surface area contributed by atoms with Crippen molar-refractivity contribution in [1.29, 1.82) is 0 Å². The van der Waals surface area contributed by atoms with E-state index in [1.54, 1.807) is 6.92 Å². The van der Waals surface area contributed by atoms with Crippen molar-refractivity contribution >= 4 is 11.9 Å². The monoisotopic (exact) mass is 276 g/mol. The van der Waals surface area contributed by atoms with Crippen molar-refractivity contribution in [3.63, 3.8) is 0 Å². The molecule has 0 aromatic carbocycles. The molecule has 110 valence electrons. The first kappa shape index (κ1) is 17.6. The van der Waals surface area contributed by atoms with Crippen LogP contribution in [-0.4, -0.2) is 61.3 Å². The maximum Gasteiger partial charge on any atom is 0.330 e. The molecule has 3 atom stereocenters. The number of carbonyl (C=O) groups is 2. The molecule has 0 heterocycles. The van der Waals surface area contributed by atoms with Gasteiger partial charge in [-0.25, -0.2) is 4.79 Å². The second-order valence-electron chi connectivity index (χ2n) is 3.65. The lowest BCUT2D eigenvalue weighted by Crippen LogP contribution is -2.39. The number of esters is 2. The zero-order chi connectivity index (χ0) is 14.8. The van der Waals surface area contributed by atoms with Crippen LogP contribution in [0.15, 0.2) is 12.2 Å². The molecule has 7 heteroatoms. The molecule has 0 aromatic heterocycles. The maximum absolute atomic E-state index is 11.1. The molecule has 7 nitrogen and oxygen atoms in total. The Labute approximate surface area is 111 Å². The van der Waals surface area contributed by atoms with E-state index in [2.05, 4.69) is 9.47 Å². The van der Waals surface area contributed by atoms with Gasteiger partial charge in [0.25, 0.3) is 0 Å². The van der Waals surface area contributed by atoms with Crippen molar-refractivity contribution in [3.8, 4) is 0 Å². The van der Waals surface area contributed by atoms with E-state index in [1.807, 2.05) is 0 Å². The summed E-state index contributed by atoms with van der Waals surface area (Å²) in [6, 6.07) is 0. The second kappa shape index (κ2) is 9.48. The fourth-order valence-electron chi connectivity index (χ4n) is 1.37. The Morgan fingerprint density at radius 2 is 1.89 bits per heavy atom. The lowest BCUT2D eigenvalue weighted by atomic mass is 10.0. The van der Waals surface area contributed by atoms with Gasteiger partial charge in [-0.3, -0.25) is 4.79 Å². The Morgan fingerprint density at radius 3 is 2.37 bits per heavy atom. The van der Waals surface area contributed by atoms with Crippen LogP contribution in [-0.2, 0) is 23.8 Å². The van der Waals surface area contributed by atoms with Gasteiger partial charge in [-0.05, 0) is 13.0 Å². The average Bonchev–Trinajstić information content (AvgIpc) is 2.37. The van der Waals surface area contributed by atoms with Gasteiger partial charge >= 0.3 is 11.9 Å². The fraction of sp³-hybridized carbons (Fsp3) is 0.667. The molecular weight excluding hydrogens is 256 g/mol. The minimum atomic E-state index is -1.26. The third-order valence-corrected chi connectivity index (χ3v) is 2.31. The van der Waals surface area contributed by atoms with Gasteiger partial charge in [-0.15, -0.1) is 0 Å². The van der Waals surface area contributed by atoms with Crippen LogP contribution < -0.4 is 0 Å². The highest BCUT2D eigenvalue weighted by Crippen LogP contribution is 2.10. The van der Waals surface area contributed by atoms with E-state index in [4.69, 9.17) is 4.74 Å². The Bertz CT molecular complexity index is 313. The van der Waals surface area contributed by atoms with Crippen molar-refractivity contribution in [2.75, 3.05) is 20.8 Å². The number of hydrogen-bond acceptors (Lipinski definition) is 7. The van der Waals surface area contributed by atoms with Crippen LogP contribution in [0.25, 0.3) is 0 Å². The van der Waals surface area contributed by atoms with E-state index in [0.29, 0.717) is 0 Å². The molecule has 2 N–H and O–H groups in total. The number of carbonyl (C=O) groups excluding carboxylic acids is 2. The van der Waals surface area contributed by atoms with Crippen LogP contribution in [0.5, 0.6) is 0 Å². The summed E-state index contributed by atoms with van der Waals surface area (Å²) in [5, 5.41) is 19.5. The molecule has 0 unspecified atom stereocenters. The summed E-state index contributed by atoms with van der Waals surface area (Å²) in [6.45, 7) is 1.87. The molecule has 0 aliphatic heterocycles. The molecule has 0 rings (SSSR count). The predicted molar refractivity (Wildman–Crippen MR) is 65.2 cm³/mol. The van der Waals surface area contributed by atoms with Crippen LogP contribution in [0.3, 0.4) is 0 Å². The summed E-state index contributed by atoms with van der Waals surface area (Å²) in [6.07, 6.45) is -1.71. The highest BCUT2D eigenvalue weighted by atomic mass is 16.5. The molecule has 0 aliphatic rings. The lowest BCUT2D eigenvalue weighted by molar-refractivity contribution is -0.147. The molecule has 0 spiro atoms. The van der Waals surface area contributed by atoms with Crippen molar-refractivity contribution in [3.05, 3.63) is 12.2 Å². The highest BCUT2D eigenvalue weighted by Gasteiger charge is 2.27. The Hall–Kier alpha value is -1.44. The minimum Gasteiger partial charge on any atom is -0.469 e. The van der Waals surface area contributed by atoms with Gasteiger partial charge < -0.3 is 24.4 Å². The number of hydrogen-bond donors (Lipinski definition) is 2. The number of rotatable bonds is 8. The number of ether oxygens (including phenoxy) is 3. The summed E-state index contributed by atoms with van der Waals surface area (Å²) in [7, 11) is 2.46. The van der Waals surface area contributed by atoms with E-state index < -0.39 is 30.3 Å². The third kappa shape index (κ3) is 6.90. The van der Waals surface area contributed by atoms with Gasteiger partial charge in [0.05, 0.1) is 26.2 Å². The van der Waals surface area contributed by atoms with E-state index in [9.17, 15) is 19.8 Å². The largest absolute Gasteiger partial charge is 0.469 e. The summed E-state index contributed by atoms with van der Waals surface area (Å²) in [5.74, 6) is -1.24. The molecule has 0 fully saturated rings. The van der Waals surface area contributed by atoms with E-state index in [0.717, 1.165) is 12.2 Å². The average molecular weight is 276 g/mol. The van der Waals surface area contributed by atoms with Crippen molar-refractivity contribution in [2.45, 2.75) is 31.7 Å². The van der Waals surface area contributed by atoms with Gasteiger partial charge in [-0.1, -0.05) is 0 Å². The van der Waals surface area contributed by atoms with E-state index in [1.165, 1.54) is 14.2 Å². The number of aliphatic hydroxyl groups excluding tert-OH is 2. The van der Waals surface area contributed by atoms with Crippen molar-refractivity contribution in [2.24, 2.45) is 0 Å². The van der Waals surface area contributed by atoms with Crippen LogP contribution in [0, 0.1) is 0 Å². The van der Waals surface area contributed by atoms with Crippen LogP contribution in [0.2, 0.25) is 0 Å². The topological polar surface area (TPSA) is 102 Å². The molecule has 0 aromatic rings. The summed E-state index contributed by atoms with van der Waals surface area (Å²) < 4.78 is 13.9. The third-order valence-electron chi connectivity index (χ3n) is 2.31. The normalized spacial score (nSPS) is 15.8. The van der Waals surface area contributed by atoms with Gasteiger partial charge in [-0.2, -0.15) is 0 Å². The predicted octanol–water partition coefficient (Wildman–Crippen LogP) is -0.594. The molecule has 0 radical (unpaired) electrons. The van der Waals surface area contributed by atoms with E-state index in [-0.39, 0.29) is 13.0 Å². The number of aliphatic hydroxyl groups is 2.